The molecule has 1 amide bonds. The first-order valence-electron chi connectivity index (χ1n) is 12.3. The third-order valence-electron chi connectivity index (χ3n) is 6.78. The molecular formula is C26H30F3N5O2S2. The summed E-state index contributed by atoms with van der Waals surface area (Å²) in [6, 6.07) is 9.08. The van der Waals surface area contributed by atoms with Gasteiger partial charge in [-0.2, -0.15) is 30.9 Å². The molecule has 1 aromatic carbocycles. The number of rotatable bonds is 5. The predicted molar refractivity (Wildman–Crippen MR) is 144 cm³/mol. The topological polar surface area (TPSA) is 72.6 Å². The maximum Gasteiger partial charge on any atom is 0.435 e. The molecule has 2 aliphatic heterocycles. The highest BCUT2D eigenvalue weighted by atomic mass is 32.1. The van der Waals surface area contributed by atoms with Crippen LogP contribution in [0, 0.1) is 13.8 Å². The van der Waals surface area contributed by atoms with Gasteiger partial charge in [0.15, 0.2) is 11.8 Å². The van der Waals surface area contributed by atoms with Crippen molar-refractivity contribution in [2.45, 2.75) is 57.9 Å². The Balaban J connectivity index is 0.00000164. The van der Waals surface area contributed by atoms with Crippen LogP contribution in [0.4, 0.5) is 13.2 Å². The largest absolute Gasteiger partial charge is 0.435 e. The number of thiol groups is 1. The molecule has 7 nitrogen and oxygen atoms in total. The third-order valence-corrected chi connectivity index (χ3v) is 7.78. The molecule has 204 valence electrons. The molecule has 12 heteroatoms. The molecule has 1 unspecified atom stereocenters. The van der Waals surface area contributed by atoms with Gasteiger partial charge >= 0.3 is 6.18 Å². The van der Waals surface area contributed by atoms with Crippen LogP contribution in [0.25, 0.3) is 0 Å². The Hall–Kier alpha value is -2.86. The number of aryl methyl sites for hydroxylation is 2. The highest BCUT2D eigenvalue weighted by molar-refractivity contribution is 7.79. The standard InChI is InChI=1S/C25H26F3N5O2S.CH4S/c1-15-5-3-4-6-18(15)21-12-19(31-35-21)20-14-36-24(29-20)17-7-9-32(10-8-17)23(34)13-33-16(2)11-22(30-33)25(26,27)28;1-2/h3-6,11,14,17,21H,7-10,12-13H2,1-2H3;2H,1H3. The Morgan fingerprint density at radius 1 is 1.18 bits per heavy atom. The molecule has 38 heavy (non-hydrogen) atoms. The number of benzene rings is 1. The first-order chi connectivity index (χ1) is 18.2. The first-order valence-corrected chi connectivity index (χ1v) is 14.0. The van der Waals surface area contributed by atoms with Crippen molar-refractivity contribution in [2.24, 2.45) is 5.16 Å². The van der Waals surface area contributed by atoms with Crippen LogP contribution in [0.15, 0.2) is 40.9 Å². The van der Waals surface area contributed by atoms with E-state index in [9.17, 15) is 18.0 Å². The monoisotopic (exact) mass is 565 g/mol. The minimum absolute atomic E-state index is 0.105. The summed E-state index contributed by atoms with van der Waals surface area (Å²) in [6.07, 6.45) is -0.768. The van der Waals surface area contributed by atoms with Crippen molar-refractivity contribution in [1.29, 1.82) is 0 Å². The maximum atomic E-state index is 12.9. The molecule has 0 radical (unpaired) electrons. The van der Waals surface area contributed by atoms with E-state index in [0.717, 1.165) is 45.6 Å². The molecule has 1 saturated heterocycles. The summed E-state index contributed by atoms with van der Waals surface area (Å²) in [4.78, 5) is 24.9. The van der Waals surface area contributed by atoms with Crippen LogP contribution < -0.4 is 0 Å². The zero-order valence-electron chi connectivity index (χ0n) is 21.4. The second kappa shape index (κ2) is 11.9. The molecule has 4 heterocycles. The zero-order chi connectivity index (χ0) is 27.4. The van der Waals surface area contributed by atoms with Crippen molar-refractivity contribution in [1.82, 2.24) is 19.7 Å². The molecule has 0 spiro atoms. The summed E-state index contributed by atoms with van der Waals surface area (Å²) in [5, 5.41) is 10.9. The van der Waals surface area contributed by atoms with Crippen LogP contribution in [-0.2, 0) is 22.4 Å². The number of carbonyl (C=O) groups excluding carboxylic acids is 1. The predicted octanol–water partition coefficient (Wildman–Crippen LogP) is 5.79. The minimum atomic E-state index is -4.53. The van der Waals surface area contributed by atoms with Gasteiger partial charge in [0.25, 0.3) is 0 Å². The lowest BCUT2D eigenvalue weighted by molar-refractivity contribution is -0.142. The van der Waals surface area contributed by atoms with Crippen LogP contribution in [0.1, 0.15) is 64.5 Å². The number of nitrogens with zero attached hydrogens (tertiary/aromatic N) is 5. The number of piperidine rings is 1. The summed E-state index contributed by atoms with van der Waals surface area (Å²) in [6.45, 7) is 4.44. The highest BCUT2D eigenvalue weighted by Crippen LogP contribution is 2.34. The fourth-order valence-corrected chi connectivity index (χ4v) is 5.66. The lowest BCUT2D eigenvalue weighted by atomic mass is 9.97. The smallest absolute Gasteiger partial charge is 0.387 e. The number of thiazole rings is 1. The average molecular weight is 566 g/mol. The second-order valence-electron chi connectivity index (χ2n) is 9.25. The number of hydrogen-bond acceptors (Lipinski definition) is 7. The molecule has 0 saturated carbocycles. The van der Waals surface area contributed by atoms with Crippen LogP contribution in [0.3, 0.4) is 0 Å². The number of halogens is 3. The van der Waals surface area contributed by atoms with Crippen LogP contribution in [-0.4, -0.2) is 50.6 Å². The van der Waals surface area contributed by atoms with Crippen molar-refractivity contribution in [2.75, 3.05) is 19.3 Å². The zero-order valence-corrected chi connectivity index (χ0v) is 23.1. The highest BCUT2D eigenvalue weighted by Gasteiger charge is 2.35. The van der Waals surface area contributed by atoms with Gasteiger partial charge in [0.1, 0.15) is 12.3 Å². The van der Waals surface area contributed by atoms with Gasteiger partial charge in [-0.15, -0.1) is 11.3 Å². The quantitative estimate of drug-likeness (QED) is 0.398. The van der Waals surface area contributed by atoms with Crippen LogP contribution >= 0.6 is 24.0 Å². The van der Waals surface area contributed by atoms with Gasteiger partial charge in [-0.05, 0) is 50.1 Å². The summed E-state index contributed by atoms with van der Waals surface area (Å²) >= 11 is 5.12. The second-order valence-corrected chi connectivity index (χ2v) is 10.1. The molecule has 1 atom stereocenters. The molecule has 2 aromatic heterocycles. The van der Waals surface area contributed by atoms with Gasteiger partial charge in [0.05, 0.1) is 10.7 Å². The van der Waals surface area contributed by atoms with Gasteiger partial charge in [-0.3, -0.25) is 9.48 Å². The Bertz CT molecular complexity index is 1300. The van der Waals surface area contributed by atoms with Crippen molar-refractivity contribution in [3.8, 4) is 0 Å². The van der Waals surface area contributed by atoms with Crippen LogP contribution in [0.5, 0.6) is 0 Å². The van der Waals surface area contributed by atoms with Crippen LogP contribution in [0.2, 0.25) is 0 Å². The SMILES string of the molecule is CS.Cc1ccccc1C1CC(c2csc(C3CCN(C(=O)Cn4nc(C(F)(F)F)cc4C)CC3)n2)=NO1. The summed E-state index contributed by atoms with van der Waals surface area (Å²) < 4.78 is 39.8. The molecule has 5 rings (SSSR count). The van der Waals surface area contributed by atoms with Crippen molar-refractivity contribution < 1.29 is 22.8 Å². The first kappa shape index (κ1) is 28.2. The summed E-state index contributed by atoms with van der Waals surface area (Å²) in [5.41, 5.74) is 3.30. The van der Waals surface area contributed by atoms with Crippen molar-refractivity contribution in [3.05, 3.63) is 68.9 Å². The fraction of sp³-hybridized carbons (Fsp3) is 0.462. The van der Waals surface area contributed by atoms with E-state index in [4.69, 9.17) is 9.82 Å². The van der Waals surface area contributed by atoms with Gasteiger partial charge in [-0.1, -0.05) is 29.4 Å². The summed E-state index contributed by atoms with van der Waals surface area (Å²) in [7, 11) is 0. The van der Waals surface area contributed by atoms with Gasteiger partial charge < -0.3 is 9.74 Å². The van der Waals surface area contributed by atoms with Crippen molar-refractivity contribution >= 4 is 35.6 Å². The lowest BCUT2D eigenvalue weighted by Crippen LogP contribution is -2.40. The van der Waals surface area contributed by atoms with E-state index in [-0.39, 0.29) is 24.5 Å². The number of carbonyl (C=O) groups is 1. The number of likely N-dealkylation sites (tertiary alicyclic amines) is 1. The van der Waals surface area contributed by atoms with Crippen molar-refractivity contribution in [3.63, 3.8) is 0 Å². The normalized spacial score (nSPS) is 18.0. The minimum Gasteiger partial charge on any atom is -0.387 e. The molecule has 0 N–H and O–H groups in total. The number of aromatic nitrogens is 3. The number of oxime groups is 1. The van der Waals surface area contributed by atoms with E-state index in [1.807, 2.05) is 17.5 Å². The molecule has 0 bridgehead atoms. The van der Waals surface area contributed by atoms with E-state index in [0.29, 0.717) is 25.2 Å². The van der Waals surface area contributed by atoms with E-state index in [2.05, 4.69) is 41.9 Å². The Morgan fingerprint density at radius 3 is 2.55 bits per heavy atom. The Kier molecular flexibility index (Phi) is 8.81. The number of hydrogen-bond donors (Lipinski definition) is 1. The van der Waals surface area contributed by atoms with E-state index >= 15 is 0 Å². The number of amides is 1. The third kappa shape index (κ3) is 6.23. The van der Waals surface area contributed by atoms with Gasteiger partial charge in [0.2, 0.25) is 5.91 Å². The molecule has 2 aliphatic rings. The summed E-state index contributed by atoms with van der Waals surface area (Å²) in [5.74, 6) is -0.000864. The van der Waals surface area contributed by atoms with Gasteiger partial charge in [-0.25, -0.2) is 4.98 Å². The Labute approximate surface area is 229 Å². The lowest BCUT2D eigenvalue weighted by Gasteiger charge is -2.31. The molecule has 0 aliphatic carbocycles. The maximum absolute atomic E-state index is 12.9. The fourth-order valence-electron chi connectivity index (χ4n) is 4.66. The molecule has 3 aromatic rings. The van der Waals surface area contributed by atoms with E-state index in [1.165, 1.54) is 12.5 Å². The molecular weight excluding hydrogens is 535 g/mol. The van der Waals surface area contributed by atoms with E-state index < -0.39 is 11.9 Å². The Morgan fingerprint density at radius 2 is 1.89 bits per heavy atom. The van der Waals surface area contributed by atoms with E-state index in [1.54, 1.807) is 22.5 Å². The molecule has 1 fully saturated rings. The van der Waals surface area contributed by atoms with Gasteiger partial charge in [0, 0.05) is 36.5 Å². The number of alkyl halides is 3. The average Bonchev–Trinajstić information content (AvgIpc) is 3.66.